The van der Waals surface area contributed by atoms with Crippen molar-refractivity contribution >= 4 is 17.3 Å². The van der Waals surface area contributed by atoms with E-state index in [-0.39, 0.29) is 18.1 Å². The largest absolute Gasteiger partial charge is 0.493 e. The van der Waals surface area contributed by atoms with Crippen molar-refractivity contribution < 1.29 is 18.8 Å². The molecular formula is C23H17FN2O4. The van der Waals surface area contributed by atoms with Crippen molar-refractivity contribution in [2.24, 2.45) is 0 Å². The van der Waals surface area contributed by atoms with Crippen molar-refractivity contribution in [2.45, 2.75) is 6.61 Å². The number of nitrogens with zero attached hydrogens (tertiary/aromatic N) is 2. The third kappa shape index (κ3) is 5.00. The van der Waals surface area contributed by atoms with Gasteiger partial charge in [0.25, 0.3) is 5.69 Å². The number of allylic oxidation sites excluding steroid dienone is 1. The van der Waals surface area contributed by atoms with Gasteiger partial charge in [0.1, 0.15) is 12.4 Å². The van der Waals surface area contributed by atoms with Crippen molar-refractivity contribution in [2.75, 3.05) is 7.11 Å². The van der Waals surface area contributed by atoms with Gasteiger partial charge in [-0.05, 0) is 59.2 Å². The molecule has 0 spiro atoms. The van der Waals surface area contributed by atoms with Gasteiger partial charge >= 0.3 is 0 Å². The molecule has 7 heteroatoms. The van der Waals surface area contributed by atoms with E-state index in [1.54, 1.807) is 36.4 Å². The Labute approximate surface area is 172 Å². The molecule has 0 aliphatic heterocycles. The summed E-state index contributed by atoms with van der Waals surface area (Å²) in [6.45, 7) is 0.248. The van der Waals surface area contributed by atoms with Crippen LogP contribution in [0.15, 0.2) is 66.7 Å². The Morgan fingerprint density at radius 1 is 1.10 bits per heavy atom. The Balaban J connectivity index is 1.80. The van der Waals surface area contributed by atoms with Crippen LogP contribution >= 0.6 is 0 Å². The fourth-order valence-corrected chi connectivity index (χ4v) is 2.74. The van der Waals surface area contributed by atoms with Crippen LogP contribution in [0.2, 0.25) is 0 Å². The Hall–Kier alpha value is -4.18. The molecule has 0 heterocycles. The fourth-order valence-electron chi connectivity index (χ4n) is 2.74. The molecule has 0 unspecified atom stereocenters. The number of halogens is 1. The van der Waals surface area contributed by atoms with Crippen LogP contribution in [0.3, 0.4) is 0 Å². The molecule has 0 atom stereocenters. The van der Waals surface area contributed by atoms with Crippen LogP contribution in [-0.2, 0) is 6.61 Å². The highest BCUT2D eigenvalue weighted by molar-refractivity contribution is 5.90. The van der Waals surface area contributed by atoms with E-state index in [9.17, 15) is 19.8 Å². The van der Waals surface area contributed by atoms with E-state index in [0.717, 1.165) is 5.56 Å². The normalized spacial score (nSPS) is 10.9. The molecule has 0 saturated carbocycles. The van der Waals surface area contributed by atoms with Crippen molar-refractivity contribution in [3.8, 4) is 17.6 Å². The summed E-state index contributed by atoms with van der Waals surface area (Å²) >= 11 is 0. The number of methoxy groups -OCH3 is 1. The summed E-state index contributed by atoms with van der Waals surface area (Å²) in [6.07, 6.45) is 1.66. The Bertz CT molecular complexity index is 1120. The quantitative estimate of drug-likeness (QED) is 0.228. The van der Waals surface area contributed by atoms with Gasteiger partial charge in [0.15, 0.2) is 11.5 Å². The number of hydrogen-bond donors (Lipinski definition) is 0. The molecule has 3 rings (SSSR count). The van der Waals surface area contributed by atoms with Crippen molar-refractivity contribution in [3.63, 3.8) is 0 Å². The molecular weight excluding hydrogens is 387 g/mol. The number of non-ortho nitro benzene ring substituents is 1. The standard InChI is InChI=1S/C23H17FN2O4/c1-29-23-13-17(4-11-22(23)30-15-16-2-7-20(24)8-3-16)12-19(14-25)18-5-9-21(10-6-18)26(27)28/h2-13H,15H2,1H3. The predicted molar refractivity (Wildman–Crippen MR) is 110 cm³/mol. The van der Waals surface area contributed by atoms with Gasteiger partial charge in [-0.1, -0.05) is 18.2 Å². The first-order valence-corrected chi connectivity index (χ1v) is 8.92. The van der Waals surface area contributed by atoms with Gasteiger partial charge in [-0.15, -0.1) is 0 Å². The molecule has 0 amide bonds. The molecule has 0 aromatic heterocycles. The topological polar surface area (TPSA) is 85.4 Å². The Morgan fingerprint density at radius 2 is 1.80 bits per heavy atom. The maximum Gasteiger partial charge on any atom is 0.269 e. The zero-order valence-corrected chi connectivity index (χ0v) is 16.0. The minimum absolute atomic E-state index is 0.0413. The van der Waals surface area contributed by atoms with Gasteiger partial charge in [-0.25, -0.2) is 4.39 Å². The second kappa shape index (κ2) is 9.34. The predicted octanol–water partition coefficient (Wildman–Crippen LogP) is 5.39. The molecule has 6 nitrogen and oxygen atoms in total. The van der Waals surface area contributed by atoms with Crippen LogP contribution in [0.5, 0.6) is 11.5 Å². The van der Waals surface area contributed by atoms with E-state index in [1.165, 1.54) is 43.5 Å². The Morgan fingerprint density at radius 3 is 2.40 bits per heavy atom. The SMILES string of the molecule is COc1cc(C=C(C#N)c2ccc([N+](=O)[O-])cc2)ccc1OCc1ccc(F)cc1. The number of nitro benzene ring substituents is 1. The van der Waals surface area contributed by atoms with Crippen LogP contribution in [0.4, 0.5) is 10.1 Å². The van der Waals surface area contributed by atoms with Crippen molar-refractivity contribution in [3.05, 3.63) is 99.4 Å². The van der Waals surface area contributed by atoms with E-state index in [1.807, 2.05) is 0 Å². The van der Waals surface area contributed by atoms with Crippen LogP contribution in [-0.4, -0.2) is 12.0 Å². The van der Waals surface area contributed by atoms with Gasteiger partial charge in [0, 0.05) is 12.1 Å². The van der Waals surface area contributed by atoms with E-state index in [2.05, 4.69) is 6.07 Å². The fraction of sp³-hybridized carbons (Fsp3) is 0.0870. The second-order valence-corrected chi connectivity index (χ2v) is 6.30. The lowest BCUT2D eigenvalue weighted by Crippen LogP contribution is -1.98. The number of nitro groups is 1. The first-order valence-electron chi connectivity index (χ1n) is 8.92. The second-order valence-electron chi connectivity index (χ2n) is 6.30. The lowest BCUT2D eigenvalue weighted by molar-refractivity contribution is -0.384. The van der Waals surface area contributed by atoms with Crippen molar-refractivity contribution in [1.82, 2.24) is 0 Å². The van der Waals surface area contributed by atoms with Crippen LogP contribution < -0.4 is 9.47 Å². The molecule has 0 bridgehead atoms. The van der Waals surface area contributed by atoms with E-state index in [0.29, 0.717) is 28.2 Å². The molecule has 150 valence electrons. The highest BCUT2D eigenvalue weighted by atomic mass is 19.1. The molecule has 3 aromatic carbocycles. The molecule has 0 fully saturated rings. The van der Waals surface area contributed by atoms with Gasteiger partial charge in [0.2, 0.25) is 0 Å². The van der Waals surface area contributed by atoms with Crippen LogP contribution in [0, 0.1) is 27.3 Å². The Kier molecular flexibility index (Phi) is 6.40. The average Bonchev–Trinajstić information content (AvgIpc) is 2.77. The maximum atomic E-state index is 13.0. The van der Waals surface area contributed by atoms with E-state index < -0.39 is 4.92 Å². The first-order chi connectivity index (χ1) is 14.5. The third-order valence-corrected chi connectivity index (χ3v) is 4.32. The number of rotatable bonds is 7. The molecule has 3 aromatic rings. The summed E-state index contributed by atoms with van der Waals surface area (Å²) in [5, 5.41) is 20.3. The average molecular weight is 404 g/mol. The number of nitriles is 1. The highest BCUT2D eigenvalue weighted by Crippen LogP contribution is 2.30. The summed E-state index contributed by atoms with van der Waals surface area (Å²) in [4.78, 5) is 10.3. The minimum Gasteiger partial charge on any atom is -0.493 e. The number of ether oxygens (including phenoxy) is 2. The minimum atomic E-state index is -0.491. The summed E-state index contributed by atoms with van der Waals surface area (Å²) in [7, 11) is 1.51. The molecule has 30 heavy (non-hydrogen) atoms. The third-order valence-electron chi connectivity index (χ3n) is 4.32. The molecule has 0 radical (unpaired) electrons. The molecule has 0 aliphatic rings. The molecule has 0 saturated heterocycles. The van der Waals surface area contributed by atoms with Crippen molar-refractivity contribution in [1.29, 1.82) is 5.26 Å². The summed E-state index contributed by atoms with van der Waals surface area (Å²) < 4.78 is 24.2. The summed E-state index contributed by atoms with van der Waals surface area (Å²) in [6, 6.07) is 19.1. The first kappa shape index (κ1) is 20.6. The van der Waals surface area contributed by atoms with Gasteiger partial charge in [-0.2, -0.15) is 5.26 Å². The van der Waals surface area contributed by atoms with E-state index >= 15 is 0 Å². The summed E-state index contributed by atoms with van der Waals surface area (Å²) in [5.74, 6) is 0.674. The highest BCUT2D eigenvalue weighted by Gasteiger charge is 2.09. The zero-order chi connectivity index (χ0) is 21.5. The molecule has 0 aliphatic carbocycles. The van der Waals surface area contributed by atoms with Crippen LogP contribution in [0.25, 0.3) is 11.6 Å². The summed E-state index contributed by atoms with van der Waals surface area (Å²) in [5.41, 5.74) is 2.40. The number of hydrogen-bond acceptors (Lipinski definition) is 5. The monoisotopic (exact) mass is 404 g/mol. The maximum absolute atomic E-state index is 13.0. The lowest BCUT2D eigenvalue weighted by atomic mass is 10.0. The smallest absolute Gasteiger partial charge is 0.269 e. The van der Waals surface area contributed by atoms with Gasteiger partial charge in [0.05, 0.1) is 23.7 Å². The van der Waals surface area contributed by atoms with Gasteiger partial charge < -0.3 is 9.47 Å². The number of benzene rings is 3. The van der Waals surface area contributed by atoms with Gasteiger partial charge in [-0.3, -0.25) is 10.1 Å². The lowest BCUT2D eigenvalue weighted by Gasteiger charge is -2.11. The molecule has 0 N–H and O–H groups in total. The van der Waals surface area contributed by atoms with Crippen LogP contribution in [0.1, 0.15) is 16.7 Å². The van der Waals surface area contributed by atoms with E-state index in [4.69, 9.17) is 9.47 Å². The zero-order valence-electron chi connectivity index (χ0n) is 16.0.